The van der Waals surface area contributed by atoms with E-state index in [1.807, 2.05) is 18.2 Å². The van der Waals surface area contributed by atoms with Gasteiger partial charge in [0.15, 0.2) is 0 Å². The lowest BCUT2D eigenvalue weighted by Gasteiger charge is -2.35. The zero-order valence-corrected chi connectivity index (χ0v) is 13.6. The highest BCUT2D eigenvalue weighted by atomic mass is 32.1. The third kappa shape index (κ3) is 2.52. The van der Waals surface area contributed by atoms with E-state index in [2.05, 4.69) is 20.3 Å². The van der Waals surface area contributed by atoms with Crippen LogP contribution >= 0.6 is 11.3 Å². The Morgan fingerprint density at radius 3 is 2.70 bits per heavy atom. The number of hydrogen-bond donors (Lipinski definition) is 2. The molecule has 0 spiro atoms. The van der Waals surface area contributed by atoms with Crippen molar-refractivity contribution < 1.29 is 0 Å². The number of nitrogens with zero attached hydrogens (tertiary/aromatic N) is 3. The van der Waals surface area contributed by atoms with Crippen LogP contribution in [0.25, 0.3) is 21.5 Å². The molecule has 0 amide bonds. The zero-order valence-electron chi connectivity index (χ0n) is 12.8. The molecule has 0 aromatic carbocycles. The normalized spacial score (nSPS) is 24.9. The first-order chi connectivity index (χ1) is 11.2. The second-order valence-electron chi connectivity index (χ2n) is 6.26. The van der Waals surface area contributed by atoms with Crippen LogP contribution in [0.15, 0.2) is 36.1 Å². The van der Waals surface area contributed by atoms with E-state index in [-0.39, 0.29) is 6.04 Å². The van der Waals surface area contributed by atoms with E-state index in [9.17, 15) is 0 Å². The minimum atomic E-state index is -0.429. The number of aromatic nitrogens is 3. The molecule has 0 aliphatic heterocycles. The summed E-state index contributed by atoms with van der Waals surface area (Å²) in [5.74, 6) is 0. The van der Waals surface area contributed by atoms with Crippen molar-refractivity contribution in [3.05, 3.63) is 41.8 Å². The van der Waals surface area contributed by atoms with E-state index in [1.165, 1.54) is 0 Å². The van der Waals surface area contributed by atoms with Gasteiger partial charge in [0, 0.05) is 28.6 Å². The van der Waals surface area contributed by atoms with Gasteiger partial charge in [-0.15, -0.1) is 11.3 Å². The number of rotatable bonds is 2. The monoisotopic (exact) mass is 325 g/mol. The summed E-state index contributed by atoms with van der Waals surface area (Å²) in [4.78, 5) is 14.5. The lowest BCUT2D eigenvalue weighted by Crippen LogP contribution is -2.44. The Hall–Kier alpha value is -1.89. The van der Waals surface area contributed by atoms with Crippen LogP contribution in [0.5, 0.6) is 0 Å². The zero-order chi connectivity index (χ0) is 15.9. The highest BCUT2D eigenvalue weighted by Gasteiger charge is 2.36. The van der Waals surface area contributed by atoms with Crippen molar-refractivity contribution >= 4 is 21.6 Å². The fourth-order valence-corrected chi connectivity index (χ4v) is 4.26. The van der Waals surface area contributed by atoms with Gasteiger partial charge in [0.2, 0.25) is 0 Å². The van der Waals surface area contributed by atoms with Gasteiger partial charge in [0.1, 0.15) is 11.2 Å². The van der Waals surface area contributed by atoms with E-state index >= 15 is 0 Å². The molecule has 1 aliphatic rings. The molecule has 23 heavy (non-hydrogen) atoms. The summed E-state index contributed by atoms with van der Waals surface area (Å²) >= 11 is 1.61. The Kier molecular flexibility index (Phi) is 3.60. The average Bonchev–Trinajstić information content (AvgIpc) is 3.02. The number of nitrogens with two attached hydrogens (primary N) is 2. The van der Waals surface area contributed by atoms with Crippen LogP contribution in [0, 0.1) is 0 Å². The Labute approximate surface area is 138 Å². The lowest BCUT2D eigenvalue weighted by molar-refractivity contribution is 0.273. The van der Waals surface area contributed by atoms with Crippen molar-refractivity contribution in [2.24, 2.45) is 11.5 Å². The van der Waals surface area contributed by atoms with Gasteiger partial charge >= 0.3 is 0 Å². The average molecular weight is 325 g/mol. The van der Waals surface area contributed by atoms with Crippen LogP contribution < -0.4 is 11.5 Å². The molecule has 5 nitrogen and oxygen atoms in total. The number of pyridine rings is 1. The minimum absolute atomic E-state index is 0.252. The van der Waals surface area contributed by atoms with Crippen molar-refractivity contribution in [3.8, 4) is 11.3 Å². The summed E-state index contributed by atoms with van der Waals surface area (Å²) in [5.41, 5.74) is 15.3. The summed E-state index contributed by atoms with van der Waals surface area (Å²) in [6.07, 6.45) is 7.02. The van der Waals surface area contributed by atoms with Crippen LogP contribution in [0.1, 0.15) is 31.4 Å². The van der Waals surface area contributed by atoms with E-state index in [1.54, 1.807) is 23.9 Å². The molecule has 3 aromatic heterocycles. The van der Waals surface area contributed by atoms with Crippen LogP contribution in [-0.2, 0) is 5.54 Å². The van der Waals surface area contributed by atoms with E-state index in [0.717, 1.165) is 52.9 Å². The Morgan fingerprint density at radius 1 is 1.13 bits per heavy atom. The predicted octanol–water partition coefficient (Wildman–Crippen LogP) is 2.81. The topological polar surface area (TPSA) is 90.7 Å². The van der Waals surface area contributed by atoms with Crippen molar-refractivity contribution in [1.82, 2.24) is 15.0 Å². The minimum Gasteiger partial charge on any atom is -0.328 e. The Morgan fingerprint density at radius 2 is 1.96 bits per heavy atom. The smallest absolute Gasteiger partial charge is 0.127 e. The summed E-state index contributed by atoms with van der Waals surface area (Å²) in [7, 11) is 0. The van der Waals surface area contributed by atoms with E-state index in [4.69, 9.17) is 11.5 Å². The van der Waals surface area contributed by atoms with Crippen LogP contribution in [0.4, 0.5) is 0 Å². The largest absolute Gasteiger partial charge is 0.328 e. The van der Waals surface area contributed by atoms with Gasteiger partial charge in [-0.3, -0.25) is 4.98 Å². The van der Waals surface area contributed by atoms with Crippen molar-refractivity contribution in [3.63, 3.8) is 0 Å². The molecular formula is C17H19N5S. The third-order valence-electron chi connectivity index (χ3n) is 4.71. The van der Waals surface area contributed by atoms with Crippen molar-refractivity contribution in [1.29, 1.82) is 0 Å². The molecule has 4 rings (SSSR count). The molecule has 0 atom stereocenters. The summed E-state index contributed by atoms with van der Waals surface area (Å²) < 4.78 is 0. The number of fused-ring (bicyclic) bond motifs is 1. The molecule has 0 bridgehead atoms. The van der Waals surface area contributed by atoms with Crippen LogP contribution in [0.3, 0.4) is 0 Å². The number of thiophene rings is 1. The van der Waals surface area contributed by atoms with Gasteiger partial charge in [0.25, 0.3) is 0 Å². The SMILES string of the molecule is NC1CCC(N)(c2ncnc3scc(-c4ccccn4)c23)CC1. The molecule has 1 fully saturated rings. The molecule has 1 saturated carbocycles. The Bertz CT molecular complexity index is 821. The maximum absolute atomic E-state index is 6.75. The van der Waals surface area contributed by atoms with Gasteiger partial charge in [0.05, 0.1) is 16.9 Å². The fourth-order valence-electron chi connectivity index (χ4n) is 3.36. The molecular weight excluding hydrogens is 306 g/mol. The molecule has 3 aromatic rings. The van der Waals surface area contributed by atoms with E-state index < -0.39 is 5.54 Å². The number of hydrogen-bond acceptors (Lipinski definition) is 6. The van der Waals surface area contributed by atoms with Gasteiger partial charge in [-0.2, -0.15) is 0 Å². The predicted molar refractivity (Wildman–Crippen MR) is 93.0 cm³/mol. The fraction of sp³-hybridized carbons (Fsp3) is 0.353. The standard InChI is InChI=1S/C17H19N5S/c18-11-4-6-17(19,7-5-11)15-14-12(13-3-1-2-8-20-13)9-23-16(14)22-10-21-15/h1-3,8-11H,4-7,18-19H2. The first-order valence-electron chi connectivity index (χ1n) is 7.86. The summed E-state index contributed by atoms with van der Waals surface area (Å²) in [6, 6.07) is 6.18. The molecule has 1 aliphatic carbocycles. The van der Waals surface area contributed by atoms with Gasteiger partial charge < -0.3 is 11.5 Å². The van der Waals surface area contributed by atoms with Crippen LogP contribution in [-0.4, -0.2) is 21.0 Å². The third-order valence-corrected chi connectivity index (χ3v) is 5.59. The molecule has 0 unspecified atom stereocenters. The molecule has 118 valence electrons. The first-order valence-corrected chi connectivity index (χ1v) is 8.74. The molecule has 6 heteroatoms. The Balaban J connectivity index is 1.89. The highest BCUT2D eigenvalue weighted by molar-refractivity contribution is 7.17. The van der Waals surface area contributed by atoms with Gasteiger partial charge in [-0.1, -0.05) is 6.07 Å². The second-order valence-corrected chi connectivity index (χ2v) is 7.12. The summed E-state index contributed by atoms with van der Waals surface area (Å²) in [6.45, 7) is 0. The molecule has 4 N–H and O–H groups in total. The quantitative estimate of drug-likeness (QED) is 0.756. The second kappa shape index (κ2) is 5.63. The lowest BCUT2D eigenvalue weighted by atomic mass is 9.77. The maximum atomic E-state index is 6.75. The van der Waals surface area contributed by atoms with E-state index in [0.29, 0.717) is 0 Å². The van der Waals surface area contributed by atoms with Crippen LogP contribution in [0.2, 0.25) is 0 Å². The maximum Gasteiger partial charge on any atom is 0.127 e. The summed E-state index contributed by atoms with van der Waals surface area (Å²) in [5, 5.41) is 3.15. The van der Waals surface area contributed by atoms with Gasteiger partial charge in [-0.25, -0.2) is 9.97 Å². The van der Waals surface area contributed by atoms with Crippen molar-refractivity contribution in [2.45, 2.75) is 37.3 Å². The van der Waals surface area contributed by atoms with Gasteiger partial charge in [-0.05, 0) is 37.8 Å². The van der Waals surface area contributed by atoms with Crippen molar-refractivity contribution in [2.75, 3.05) is 0 Å². The molecule has 3 heterocycles. The first kappa shape index (κ1) is 14.7. The molecule has 0 saturated heterocycles. The molecule has 0 radical (unpaired) electrons. The highest BCUT2D eigenvalue weighted by Crippen LogP contribution is 2.41.